The second kappa shape index (κ2) is 11.6. The van der Waals surface area contributed by atoms with Crippen molar-refractivity contribution in [1.29, 1.82) is 0 Å². The molecule has 2 aliphatic heterocycles. The number of Topliss-reactive ketones (excluding diaryl/α,β-unsaturated/α-hetero) is 1. The number of hydrogen-bond acceptors (Lipinski definition) is 8. The molecule has 2 saturated heterocycles. The zero-order valence-corrected chi connectivity index (χ0v) is 24.2. The number of epoxide rings is 1. The Bertz CT molecular complexity index is 1010. The topological polar surface area (TPSA) is 121 Å². The van der Waals surface area contributed by atoms with Gasteiger partial charge in [0.2, 0.25) is 5.91 Å². The molecule has 3 heterocycles. The van der Waals surface area contributed by atoms with Crippen molar-refractivity contribution in [3.05, 3.63) is 21.7 Å². The number of ether oxygens (including phenoxy) is 2. The predicted octanol–water partition coefficient (Wildman–Crippen LogP) is 3.68. The fraction of sp³-hybridized carbons (Fsp3) is 0.750. The molecule has 8 atom stereocenters. The average molecular weight is 537 g/mol. The lowest BCUT2D eigenvalue weighted by Gasteiger charge is -2.35. The lowest BCUT2D eigenvalue weighted by Crippen LogP contribution is -2.51. The Morgan fingerprint density at radius 1 is 1.27 bits per heavy atom. The van der Waals surface area contributed by atoms with Crippen molar-refractivity contribution in [1.82, 2.24) is 10.3 Å². The number of aromatic nitrogens is 1. The highest BCUT2D eigenvalue weighted by molar-refractivity contribution is 7.09. The van der Waals surface area contributed by atoms with Gasteiger partial charge in [-0.1, -0.05) is 34.1 Å². The van der Waals surface area contributed by atoms with Crippen molar-refractivity contribution in [3.63, 3.8) is 0 Å². The Morgan fingerprint density at radius 2 is 1.95 bits per heavy atom. The fourth-order valence-electron chi connectivity index (χ4n) is 5.54. The molecular weight excluding hydrogens is 492 g/mol. The summed E-state index contributed by atoms with van der Waals surface area (Å²) in [5.74, 6) is -1.40. The van der Waals surface area contributed by atoms with Crippen LogP contribution in [0.25, 0.3) is 6.08 Å². The highest BCUT2D eigenvalue weighted by Crippen LogP contribution is 2.45. The quantitative estimate of drug-likeness (QED) is 0.504. The third-order valence-corrected chi connectivity index (χ3v) is 9.14. The van der Waals surface area contributed by atoms with E-state index in [1.54, 1.807) is 39.2 Å². The summed E-state index contributed by atoms with van der Waals surface area (Å²) in [6.45, 7) is 12.8. The minimum atomic E-state index is -1.22. The number of amides is 1. The zero-order valence-electron chi connectivity index (χ0n) is 23.4. The maximum absolute atomic E-state index is 13.3. The van der Waals surface area contributed by atoms with Crippen LogP contribution in [0.3, 0.4) is 0 Å². The van der Waals surface area contributed by atoms with E-state index in [1.807, 2.05) is 39.2 Å². The van der Waals surface area contributed by atoms with Crippen LogP contribution in [-0.2, 0) is 19.1 Å². The van der Waals surface area contributed by atoms with Crippen LogP contribution in [0.1, 0.15) is 77.9 Å². The van der Waals surface area contributed by atoms with Crippen molar-refractivity contribution in [3.8, 4) is 0 Å². The molecule has 0 spiro atoms. The van der Waals surface area contributed by atoms with E-state index in [9.17, 15) is 19.8 Å². The minimum absolute atomic E-state index is 0.0957. The average Bonchev–Trinajstić information content (AvgIpc) is 3.31. The number of carbonyl (C=O) groups is 2. The van der Waals surface area contributed by atoms with Gasteiger partial charge in [-0.2, -0.15) is 0 Å². The number of thiazole rings is 1. The summed E-state index contributed by atoms with van der Waals surface area (Å²) in [6.07, 6.45) is 1.30. The summed E-state index contributed by atoms with van der Waals surface area (Å²) in [5.41, 5.74) is 0.0567. The van der Waals surface area contributed by atoms with Crippen LogP contribution in [0.5, 0.6) is 0 Å². The van der Waals surface area contributed by atoms with E-state index in [0.29, 0.717) is 0 Å². The first-order chi connectivity index (χ1) is 17.2. The number of ketones is 1. The first-order valence-electron chi connectivity index (χ1n) is 13.2. The molecule has 3 N–H and O–H groups in total. The molecule has 0 radical (unpaired) electrons. The molecule has 1 aromatic heterocycles. The molecule has 3 rings (SSSR count). The standard InChI is InChI=1S/C28H44N2O6S/c1-15-10-9-11-28(7)26(36-28)24(35-8)22(16(2)12-19-14-37-18(4)29-19)30-21(32)13-20(31)27(5,6)25(34)17(3)23(15)33/h12,14-15,17,20,22-24,26,31,33H,9-11,13H2,1-8H3,(H,30,32)/t15-,17+,20-,22+,23-,24?,26-,28+/m0/s1. The van der Waals surface area contributed by atoms with Gasteiger partial charge in [-0.25, -0.2) is 4.98 Å². The Kier molecular flexibility index (Phi) is 9.39. The van der Waals surface area contributed by atoms with Crippen molar-refractivity contribution in [2.24, 2.45) is 17.3 Å². The van der Waals surface area contributed by atoms with E-state index in [0.717, 1.165) is 35.5 Å². The number of hydrogen-bond donors (Lipinski definition) is 3. The largest absolute Gasteiger partial charge is 0.392 e. The van der Waals surface area contributed by atoms with E-state index in [2.05, 4.69) is 10.3 Å². The zero-order chi connectivity index (χ0) is 27.7. The van der Waals surface area contributed by atoms with Crippen LogP contribution in [0.2, 0.25) is 0 Å². The number of fused-ring (bicyclic) bond motifs is 1. The molecule has 0 aliphatic carbocycles. The first kappa shape index (κ1) is 29.9. The van der Waals surface area contributed by atoms with Crippen molar-refractivity contribution >= 4 is 29.1 Å². The van der Waals surface area contributed by atoms with E-state index < -0.39 is 47.2 Å². The number of aliphatic hydroxyl groups is 2. The van der Waals surface area contributed by atoms with Crippen LogP contribution < -0.4 is 5.32 Å². The van der Waals surface area contributed by atoms with E-state index in [1.165, 1.54) is 0 Å². The van der Waals surface area contributed by atoms with Crippen LogP contribution in [0.15, 0.2) is 11.0 Å². The number of methoxy groups -OCH3 is 1. The summed E-state index contributed by atoms with van der Waals surface area (Å²) in [6, 6.07) is -0.509. The summed E-state index contributed by atoms with van der Waals surface area (Å²) in [5, 5.41) is 27.9. The number of carbonyl (C=O) groups excluding carboxylic acids is 2. The summed E-state index contributed by atoms with van der Waals surface area (Å²) in [4.78, 5) is 31.1. The van der Waals surface area contributed by atoms with Crippen LogP contribution >= 0.6 is 11.3 Å². The molecule has 0 saturated carbocycles. The number of nitrogens with zero attached hydrogens (tertiary/aromatic N) is 1. The SMILES string of the molecule is COC1[C@@H](C(C)=Cc2csc(C)n2)NC(=O)C[C@H](O)C(C)(C)C(=O)[C@H](C)[C@@H](O)[C@@H](C)CCC[C@@]2(C)O[C@@H]12. The normalized spacial score (nSPS) is 38.1. The van der Waals surface area contributed by atoms with Gasteiger partial charge in [0, 0.05) is 18.4 Å². The van der Waals surface area contributed by atoms with Crippen molar-refractivity contribution in [2.75, 3.05) is 7.11 Å². The Hall–Kier alpha value is -1.65. The molecule has 37 heavy (non-hydrogen) atoms. The molecule has 2 fully saturated rings. The highest BCUT2D eigenvalue weighted by atomic mass is 32.1. The van der Waals surface area contributed by atoms with Crippen LogP contribution in [-0.4, -0.2) is 70.1 Å². The van der Waals surface area contributed by atoms with Crippen LogP contribution in [0, 0.1) is 24.2 Å². The Morgan fingerprint density at radius 3 is 2.54 bits per heavy atom. The molecule has 8 nitrogen and oxygen atoms in total. The third kappa shape index (κ3) is 6.68. The smallest absolute Gasteiger partial charge is 0.223 e. The number of rotatable bonds is 3. The maximum Gasteiger partial charge on any atom is 0.223 e. The summed E-state index contributed by atoms with van der Waals surface area (Å²) >= 11 is 1.55. The molecular formula is C28H44N2O6S. The second-order valence-electron chi connectivity index (χ2n) is 11.7. The van der Waals surface area contributed by atoms with Crippen LogP contribution in [0.4, 0.5) is 0 Å². The molecule has 0 bridgehead atoms. The molecule has 9 heteroatoms. The Labute approximate surface area is 224 Å². The van der Waals surface area contributed by atoms with Gasteiger partial charge in [0.1, 0.15) is 18.0 Å². The Balaban J connectivity index is 1.95. The molecule has 2 aliphatic rings. The first-order valence-corrected chi connectivity index (χ1v) is 14.1. The van der Waals surface area contributed by atoms with Gasteiger partial charge in [-0.05, 0) is 51.2 Å². The minimum Gasteiger partial charge on any atom is -0.392 e. The lowest BCUT2D eigenvalue weighted by molar-refractivity contribution is -0.143. The third-order valence-electron chi connectivity index (χ3n) is 8.35. The molecule has 208 valence electrons. The maximum atomic E-state index is 13.3. The van der Waals surface area contributed by atoms with E-state index in [4.69, 9.17) is 9.47 Å². The monoisotopic (exact) mass is 536 g/mol. The van der Waals surface area contributed by atoms with Gasteiger partial charge in [0.25, 0.3) is 0 Å². The summed E-state index contributed by atoms with van der Waals surface area (Å²) < 4.78 is 12.1. The van der Waals surface area contributed by atoms with Gasteiger partial charge in [-0.15, -0.1) is 11.3 Å². The number of nitrogens with one attached hydrogen (secondary N) is 1. The second-order valence-corrected chi connectivity index (χ2v) is 12.8. The highest BCUT2D eigenvalue weighted by Gasteiger charge is 2.58. The predicted molar refractivity (Wildman–Crippen MR) is 144 cm³/mol. The lowest BCUT2D eigenvalue weighted by atomic mass is 9.72. The van der Waals surface area contributed by atoms with E-state index >= 15 is 0 Å². The fourth-order valence-corrected chi connectivity index (χ4v) is 6.11. The summed E-state index contributed by atoms with van der Waals surface area (Å²) in [7, 11) is 1.61. The molecule has 1 aromatic rings. The van der Waals surface area contributed by atoms with Gasteiger partial charge in [0.15, 0.2) is 0 Å². The molecule has 0 aromatic carbocycles. The van der Waals surface area contributed by atoms with Crippen molar-refractivity contribution < 1.29 is 29.3 Å². The molecule has 1 unspecified atom stereocenters. The number of aryl methyl sites for hydroxylation is 1. The number of aliphatic hydroxyl groups excluding tert-OH is 2. The van der Waals surface area contributed by atoms with E-state index in [-0.39, 0.29) is 24.2 Å². The van der Waals surface area contributed by atoms with Gasteiger partial charge >= 0.3 is 0 Å². The van der Waals surface area contributed by atoms with Gasteiger partial charge < -0.3 is 25.0 Å². The molecule has 1 amide bonds. The van der Waals surface area contributed by atoms with Gasteiger partial charge in [-0.3, -0.25) is 9.59 Å². The van der Waals surface area contributed by atoms with Gasteiger partial charge in [0.05, 0.1) is 46.4 Å². The van der Waals surface area contributed by atoms with Crippen molar-refractivity contribution in [2.45, 2.75) is 110 Å².